The monoisotopic (exact) mass is 437 g/mol. The van der Waals surface area contributed by atoms with Crippen molar-refractivity contribution in [3.8, 4) is 0 Å². The Hall–Kier alpha value is -2.30. The minimum absolute atomic E-state index is 0.0202. The van der Waals surface area contributed by atoms with Gasteiger partial charge in [-0.2, -0.15) is 26.3 Å². The lowest BCUT2D eigenvalue weighted by molar-refractivity contribution is -0.143. The average Bonchev–Trinajstić information content (AvgIpc) is 3.43. The average molecular weight is 437 g/mol. The van der Waals surface area contributed by atoms with Crippen LogP contribution in [0.3, 0.4) is 0 Å². The van der Waals surface area contributed by atoms with E-state index in [9.17, 15) is 35.9 Å². The highest BCUT2D eigenvalue weighted by Gasteiger charge is 2.48. The minimum Gasteiger partial charge on any atom is -0.352 e. The molecule has 1 aliphatic heterocycles. The molecule has 2 amide bonds. The maximum atomic E-state index is 12.9. The molecule has 2 aliphatic rings. The van der Waals surface area contributed by atoms with E-state index in [1.807, 2.05) is 0 Å². The fraction of sp³-hybridized carbons (Fsp3) is 0.579. The Balaban J connectivity index is 1.60. The first-order chi connectivity index (χ1) is 13.8. The third-order valence-corrected chi connectivity index (χ3v) is 5.52. The van der Waals surface area contributed by atoms with E-state index in [1.165, 1.54) is 0 Å². The van der Waals surface area contributed by atoms with Crippen molar-refractivity contribution in [3.05, 3.63) is 34.9 Å². The quantitative estimate of drug-likeness (QED) is 0.711. The topological polar surface area (TPSA) is 75.4 Å². The molecule has 3 rings (SSSR count). The van der Waals surface area contributed by atoms with Crippen molar-refractivity contribution in [2.75, 3.05) is 19.6 Å². The number of piperidine rings is 1. The van der Waals surface area contributed by atoms with E-state index in [1.54, 1.807) is 4.90 Å². The fourth-order valence-corrected chi connectivity index (χ4v) is 3.43. The zero-order valence-corrected chi connectivity index (χ0v) is 15.9. The zero-order chi connectivity index (χ0) is 22.3. The van der Waals surface area contributed by atoms with Crippen LogP contribution in [0.15, 0.2) is 18.2 Å². The minimum atomic E-state index is -5.02. The number of hydrogen-bond acceptors (Lipinski definition) is 3. The van der Waals surface area contributed by atoms with Crippen LogP contribution >= 0.6 is 0 Å². The number of likely N-dealkylation sites (tertiary alicyclic amines) is 1. The second-order valence-electron chi connectivity index (χ2n) is 7.90. The van der Waals surface area contributed by atoms with Crippen molar-refractivity contribution in [3.63, 3.8) is 0 Å². The van der Waals surface area contributed by atoms with E-state index in [-0.39, 0.29) is 24.4 Å². The molecule has 0 unspecified atom stereocenters. The van der Waals surface area contributed by atoms with Crippen LogP contribution in [0.4, 0.5) is 26.3 Å². The number of halogens is 6. The molecule has 2 fully saturated rings. The lowest BCUT2D eigenvalue weighted by Crippen LogP contribution is -2.49. The number of alkyl halides is 6. The molecule has 0 radical (unpaired) electrons. The molecule has 1 saturated heterocycles. The lowest BCUT2D eigenvalue weighted by Gasteiger charge is -2.33. The molecule has 0 aromatic heterocycles. The molecule has 0 bridgehead atoms. The number of carbonyl (C=O) groups excluding carboxylic acids is 2. The van der Waals surface area contributed by atoms with E-state index in [4.69, 9.17) is 5.73 Å². The third kappa shape index (κ3) is 5.05. The maximum absolute atomic E-state index is 12.9. The molecule has 0 spiro atoms. The summed E-state index contributed by atoms with van der Waals surface area (Å²) >= 11 is 0. The van der Waals surface area contributed by atoms with E-state index in [0.717, 1.165) is 0 Å². The van der Waals surface area contributed by atoms with E-state index < -0.39 is 40.5 Å². The Morgan fingerprint density at radius 1 is 1.00 bits per heavy atom. The van der Waals surface area contributed by atoms with Gasteiger partial charge in [-0.25, -0.2) is 0 Å². The molecule has 1 saturated carbocycles. The second kappa shape index (κ2) is 7.75. The lowest BCUT2D eigenvalue weighted by atomic mass is 9.96. The van der Waals surface area contributed by atoms with Crippen molar-refractivity contribution >= 4 is 11.8 Å². The summed E-state index contributed by atoms with van der Waals surface area (Å²) < 4.78 is 77.6. The van der Waals surface area contributed by atoms with Crippen LogP contribution in [0.25, 0.3) is 0 Å². The summed E-state index contributed by atoms with van der Waals surface area (Å²) in [6, 6.07) is 0.790. The molecule has 0 atom stereocenters. The van der Waals surface area contributed by atoms with Crippen LogP contribution in [-0.4, -0.2) is 41.9 Å². The van der Waals surface area contributed by atoms with Crippen LogP contribution in [0.5, 0.6) is 0 Å². The van der Waals surface area contributed by atoms with Crippen molar-refractivity contribution in [2.24, 2.45) is 11.7 Å². The van der Waals surface area contributed by atoms with Gasteiger partial charge in [0.15, 0.2) is 0 Å². The van der Waals surface area contributed by atoms with Gasteiger partial charge in [-0.1, -0.05) is 0 Å². The highest BCUT2D eigenvalue weighted by molar-refractivity contribution is 5.94. The largest absolute Gasteiger partial charge is 0.416 e. The van der Waals surface area contributed by atoms with Gasteiger partial charge in [-0.15, -0.1) is 0 Å². The van der Waals surface area contributed by atoms with Gasteiger partial charge in [0, 0.05) is 25.2 Å². The molecule has 1 aliphatic carbocycles. The fourth-order valence-electron chi connectivity index (χ4n) is 3.43. The van der Waals surface area contributed by atoms with Crippen molar-refractivity contribution in [1.82, 2.24) is 10.2 Å². The van der Waals surface area contributed by atoms with E-state index in [2.05, 4.69) is 5.32 Å². The summed E-state index contributed by atoms with van der Waals surface area (Å²) in [7, 11) is 0. The first-order valence-corrected chi connectivity index (χ1v) is 9.45. The molecule has 30 heavy (non-hydrogen) atoms. The number of carbonyl (C=O) groups is 2. The van der Waals surface area contributed by atoms with Crippen LogP contribution in [0.2, 0.25) is 0 Å². The second-order valence-corrected chi connectivity index (χ2v) is 7.90. The maximum Gasteiger partial charge on any atom is 0.416 e. The Morgan fingerprint density at radius 2 is 1.50 bits per heavy atom. The van der Waals surface area contributed by atoms with Gasteiger partial charge in [0.25, 0.3) is 5.91 Å². The summed E-state index contributed by atoms with van der Waals surface area (Å²) in [5.41, 5.74) is 1.35. The van der Waals surface area contributed by atoms with Crippen LogP contribution in [-0.2, 0) is 17.1 Å². The molecular formula is C19H21F6N3O2. The number of rotatable bonds is 4. The van der Waals surface area contributed by atoms with Gasteiger partial charge in [0.1, 0.15) is 0 Å². The Morgan fingerprint density at radius 3 is 1.93 bits per heavy atom. The number of hydrogen-bond donors (Lipinski definition) is 2. The van der Waals surface area contributed by atoms with Crippen molar-refractivity contribution < 1.29 is 35.9 Å². The number of amides is 2. The van der Waals surface area contributed by atoms with Crippen molar-refractivity contribution in [2.45, 2.75) is 43.6 Å². The summed E-state index contributed by atoms with van der Waals surface area (Å²) in [5, 5.41) is 2.41. The highest BCUT2D eigenvalue weighted by atomic mass is 19.4. The van der Waals surface area contributed by atoms with E-state index in [0.29, 0.717) is 50.9 Å². The molecule has 5 nitrogen and oxygen atoms in total. The number of benzene rings is 1. The van der Waals surface area contributed by atoms with Crippen LogP contribution in [0.1, 0.15) is 47.2 Å². The van der Waals surface area contributed by atoms with Gasteiger partial charge in [0.05, 0.1) is 16.7 Å². The molecule has 3 N–H and O–H groups in total. The molecule has 166 valence electrons. The normalized spacial score (nSPS) is 19.5. The summed E-state index contributed by atoms with van der Waals surface area (Å²) in [6.07, 6.45) is -7.62. The molecule has 1 aromatic rings. The number of nitrogens with two attached hydrogens (primary N) is 1. The summed E-state index contributed by atoms with van der Waals surface area (Å²) in [5.74, 6) is -1.16. The van der Waals surface area contributed by atoms with Gasteiger partial charge >= 0.3 is 12.4 Å². The van der Waals surface area contributed by atoms with Crippen molar-refractivity contribution in [1.29, 1.82) is 0 Å². The molecule has 11 heteroatoms. The molecule has 1 aromatic carbocycles. The standard InChI is InChI=1S/C19H21F6N3O2/c20-18(21,22)13-7-12(8-14(9-13)19(23,24)25)15(29)27-10-11-1-5-28(6-2-11)16(30)17(26)3-4-17/h7-9,11H,1-6,10,26H2,(H,27,29). The predicted octanol–water partition coefficient (Wildman–Crippen LogP) is 3.18. The molecular weight excluding hydrogens is 416 g/mol. The zero-order valence-electron chi connectivity index (χ0n) is 15.9. The van der Waals surface area contributed by atoms with Gasteiger partial charge in [-0.05, 0) is 49.8 Å². The summed E-state index contributed by atoms with van der Waals surface area (Å²) in [6.45, 7) is 0.979. The molecule has 1 heterocycles. The summed E-state index contributed by atoms with van der Waals surface area (Å²) in [4.78, 5) is 26.1. The Labute approximate surface area is 168 Å². The Bertz CT molecular complexity index is 792. The Kier molecular flexibility index (Phi) is 5.78. The smallest absolute Gasteiger partial charge is 0.352 e. The number of nitrogens with one attached hydrogen (secondary N) is 1. The third-order valence-electron chi connectivity index (χ3n) is 5.52. The van der Waals surface area contributed by atoms with Crippen LogP contribution in [0, 0.1) is 5.92 Å². The van der Waals surface area contributed by atoms with Gasteiger partial charge < -0.3 is 16.0 Å². The highest BCUT2D eigenvalue weighted by Crippen LogP contribution is 2.37. The number of nitrogens with zero attached hydrogens (tertiary/aromatic N) is 1. The first-order valence-electron chi connectivity index (χ1n) is 9.45. The van der Waals surface area contributed by atoms with Gasteiger partial charge in [-0.3, -0.25) is 9.59 Å². The van der Waals surface area contributed by atoms with E-state index >= 15 is 0 Å². The van der Waals surface area contributed by atoms with Crippen LogP contribution < -0.4 is 11.1 Å². The van der Waals surface area contributed by atoms with Gasteiger partial charge in [0.2, 0.25) is 5.91 Å². The first kappa shape index (κ1) is 22.4. The SMILES string of the molecule is NC1(C(=O)N2CCC(CNC(=O)c3cc(C(F)(F)F)cc(C(F)(F)F)c3)CC2)CC1. The predicted molar refractivity (Wildman–Crippen MR) is 94.2 cm³/mol.